The summed E-state index contributed by atoms with van der Waals surface area (Å²) >= 11 is 0. The molecule has 0 radical (unpaired) electrons. The van der Waals surface area contributed by atoms with Crippen LogP contribution in [0.2, 0.25) is 0 Å². The third-order valence-electron chi connectivity index (χ3n) is 1.82. The van der Waals surface area contributed by atoms with E-state index in [9.17, 15) is 9.90 Å². The van der Waals surface area contributed by atoms with Gasteiger partial charge in [0.15, 0.2) is 6.19 Å². The molecule has 0 bridgehead atoms. The zero-order valence-electron chi connectivity index (χ0n) is 8.40. The third-order valence-corrected chi connectivity index (χ3v) is 1.82. The van der Waals surface area contributed by atoms with Crippen LogP contribution < -0.4 is 5.32 Å². The molecule has 0 spiro atoms. The maximum atomic E-state index is 10.3. The van der Waals surface area contributed by atoms with Crippen molar-refractivity contribution in [2.24, 2.45) is 5.92 Å². The SMILES string of the molecule is CC(C)C[C@H](NC#N)[C@@H](O)CC(=O)O. The molecule has 0 saturated carbocycles. The lowest BCUT2D eigenvalue weighted by Gasteiger charge is -2.21. The zero-order valence-corrected chi connectivity index (χ0v) is 8.40. The van der Waals surface area contributed by atoms with E-state index in [4.69, 9.17) is 10.4 Å². The molecule has 5 heteroatoms. The molecule has 3 N–H and O–H groups in total. The first-order chi connectivity index (χ1) is 6.47. The van der Waals surface area contributed by atoms with Crippen molar-refractivity contribution in [1.82, 2.24) is 5.32 Å². The van der Waals surface area contributed by atoms with Crippen LogP contribution in [0.15, 0.2) is 0 Å². The number of aliphatic hydroxyl groups excluding tert-OH is 1. The Hall–Kier alpha value is -1.28. The van der Waals surface area contributed by atoms with Crippen LogP contribution in [0.4, 0.5) is 0 Å². The van der Waals surface area contributed by atoms with E-state index in [1.807, 2.05) is 13.8 Å². The van der Waals surface area contributed by atoms with Gasteiger partial charge >= 0.3 is 5.97 Å². The summed E-state index contributed by atoms with van der Waals surface area (Å²) in [5.41, 5.74) is 0. The Morgan fingerprint density at radius 3 is 2.50 bits per heavy atom. The van der Waals surface area contributed by atoms with Gasteiger partial charge in [0.05, 0.1) is 18.6 Å². The highest BCUT2D eigenvalue weighted by Crippen LogP contribution is 2.10. The standard InChI is InChI=1S/C9H16N2O3/c1-6(2)3-7(11-5-10)8(12)4-9(13)14/h6-8,11-12H,3-4H2,1-2H3,(H,13,14)/t7-,8-/m0/s1. The average Bonchev–Trinajstić information content (AvgIpc) is 2.01. The van der Waals surface area contributed by atoms with Crippen molar-refractivity contribution in [3.63, 3.8) is 0 Å². The number of hydrogen-bond donors (Lipinski definition) is 3. The van der Waals surface area contributed by atoms with E-state index < -0.39 is 18.1 Å². The summed E-state index contributed by atoms with van der Waals surface area (Å²) in [6, 6.07) is -0.476. The van der Waals surface area contributed by atoms with Gasteiger partial charge in [-0.25, -0.2) is 0 Å². The minimum atomic E-state index is -1.06. The summed E-state index contributed by atoms with van der Waals surface area (Å²) in [7, 11) is 0. The van der Waals surface area contributed by atoms with E-state index in [2.05, 4.69) is 5.32 Å². The van der Waals surface area contributed by atoms with E-state index in [0.29, 0.717) is 12.3 Å². The average molecular weight is 200 g/mol. The molecular formula is C9H16N2O3. The van der Waals surface area contributed by atoms with Gasteiger partial charge in [-0.2, -0.15) is 5.26 Å². The van der Waals surface area contributed by atoms with Gasteiger partial charge < -0.3 is 15.5 Å². The molecule has 80 valence electrons. The molecular weight excluding hydrogens is 184 g/mol. The van der Waals surface area contributed by atoms with Gasteiger partial charge in [-0.15, -0.1) is 0 Å². The highest BCUT2D eigenvalue weighted by atomic mass is 16.4. The van der Waals surface area contributed by atoms with Crippen LogP contribution in [0.5, 0.6) is 0 Å². The predicted molar refractivity (Wildman–Crippen MR) is 50.3 cm³/mol. The van der Waals surface area contributed by atoms with Gasteiger partial charge in [-0.05, 0) is 12.3 Å². The molecule has 0 heterocycles. The van der Waals surface area contributed by atoms with Crippen molar-refractivity contribution in [1.29, 1.82) is 5.26 Å². The molecule has 0 unspecified atom stereocenters. The molecule has 14 heavy (non-hydrogen) atoms. The highest BCUT2D eigenvalue weighted by Gasteiger charge is 2.22. The number of nitriles is 1. The molecule has 0 fully saturated rings. The fourth-order valence-corrected chi connectivity index (χ4v) is 1.22. The van der Waals surface area contributed by atoms with Crippen LogP contribution >= 0.6 is 0 Å². The van der Waals surface area contributed by atoms with Crippen molar-refractivity contribution in [3.05, 3.63) is 0 Å². The largest absolute Gasteiger partial charge is 0.481 e. The Labute approximate surface area is 83.4 Å². The topological polar surface area (TPSA) is 93.4 Å². The number of carboxylic acids is 1. The van der Waals surface area contributed by atoms with Crippen LogP contribution in [0.1, 0.15) is 26.7 Å². The highest BCUT2D eigenvalue weighted by molar-refractivity contribution is 5.67. The molecule has 2 atom stereocenters. The van der Waals surface area contributed by atoms with Gasteiger partial charge in [-0.3, -0.25) is 4.79 Å². The molecule has 0 rings (SSSR count). The van der Waals surface area contributed by atoms with E-state index in [-0.39, 0.29) is 6.42 Å². The quantitative estimate of drug-likeness (QED) is 0.423. The summed E-state index contributed by atoms with van der Waals surface area (Å²) in [6.07, 6.45) is 0.936. The monoisotopic (exact) mass is 200 g/mol. The summed E-state index contributed by atoms with van der Waals surface area (Å²) in [5.74, 6) is -0.768. The molecule has 0 aromatic rings. The molecule has 0 saturated heterocycles. The third kappa shape index (κ3) is 5.38. The summed E-state index contributed by atoms with van der Waals surface area (Å²) < 4.78 is 0. The number of aliphatic hydroxyl groups is 1. The van der Waals surface area contributed by atoms with Crippen LogP contribution in [0.3, 0.4) is 0 Å². The predicted octanol–water partition coefficient (Wildman–Crippen LogP) is 0.307. The van der Waals surface area contributed by atoms with Crippen molar-refractivity contribution in [2.45, 2.75) is 38.8 Å². The second-order valence-electron chi connectivity index (χ2n) is 3.66. The van der Waals surface area contributed by atoms with E-state index in [1.54, 1.807) is 6.19 Å². The van der Waals surface area contributed by atoms with Gasteiger partial charge in [0, 0.05) is 0 Å². The maximum absolute atomic E-state index is 10.3. The molecule has 0 aromatic carbocycles. The van der Waals surface area contributed by atoms with Gasteiger partial charge in [-0.1, -0.05) is 13.8 Å². The number of carbonyl (C=O) groups is 1. The molecule has 0 aromatic heterocycles. The smallest absolute Gasteiger partial charge is 0.306 e. The van der Waals surface area contributed by atoms with E-state index in [1.165, 1.54) is 0 Å². The van der Waals surface area contributed by atoms with Gasteiger partial charge in [0.1, 0.15) is 0 Å². The second-order valence-corrected chi connectivity index (χ2v) is 3.66. The zero-order chi connectivity index (χ0) is 11.1. The van der Waals surface area contributed by atoms with Crippen molar-refractivity contribution < 1.29 is 15.0 Å². The van der Waals surface area contributed by atoms with Crippen molar-refractivity contribution in [2.75, 3.05) is 0 Å². The number of hydrogen-bond acceptors (Lipinski definition) is 4. The Morgan fingerprint density at radius 1 is 1.57 bits per heavy atom. The number of aliphatic carboxylic acids is 1. The molecule has 5 nitrogen and oxygen atoms in total. The van der Waals surface area contributed by atoms with Crippen LogP contribution in [-0.4, -0.2) is 28.3 Å². The maximum Gasteiger partial charge on any atom is 0.306 e. The lowest BCUT2D eigenvalue weighted by Crippen LogP contribution is -2.39. The minimum absolute atomic E-state index is 0.296. The minimum Gasteiger partial charge on any atom is -0.481 e. The first-order valence-electron chi connectivity index (χ1n) is 4.51. The number of nitrogens with zero attached hydrogens (tertiary/aromatic N) is 1. The van der Waals surface area contributed by atoms with Crippen LogP contribution in [-0.2, 0) is 4.79 Å². The first-order valence-corrected chi connectivity index (χ1v) is 4.51. The van der Waals surface area contributed by atoms with Crippen molar-refractivity contribution >= 4 is 5.97 Å². The lowest BCUT2D eigenvalue weighted by atomic mass is 9.97. The molecule has 0 amide bonds. The number of nitrogens with one attached hydrogen (secondary N) is 1. The Bertz CT molecular complexity index is 223. The van der Waals surface area contributed by atoms with Crippen LogP contribution in [0.25, 0.3) is 0 Å². The fourth-order valence-electron chi connectivity index (χ4n) is 1.22. The van der Waals surface area contributed by atoms with Gasteiger partial charge in [0.25, 0.3) is 0 Å². The van der Waals surface area contributed by atoms with Gasteiger partial charge in [0.2, 0.25) is 0 Å². The normalized spacial score (nSPS) is 14.5. The summed E-state index contributed by atoms with van der Waals surface area (Å²) in [4.78, 5) is 10.3. The molecule has 0 aliphatic heterocycles. The lowest BCUT2D eigenvalue weighted by molar-refractivity contribution is -0.139. The Morgan fingerprint density at radius 2 is 2.14 bits per heavy atom. The Balaban J connectivity index is 4.18. The van der Waals surface area contributed by atoms with E-state index >= 15 is 0 Å². The van der Waals surface area contributed by atoms with Crippen molar-refractivity contribution in [3.8, 4) is 6.19 Å². The number of rotatable bonds is 6. The number of carboxylic acid groups (broad SMARTS) is 1. The first kappa shape index (κ1) is 12.7. The second kappa shape index (κ2) is 6.22. The van der Waals surface area contributed by atoms with E-state index in [0.717, 1.165) is 0 Å². The summed E-state index contributed by atoms with van der Waals surface area (Å²) in [5, 5.41) is 28.8. The Kier molecular flexibility index (Phi) is 5.65. The van der Waals surface area contributed by atoms with Crippen LogP contribution in [0, 0.1) is 17.4 Å². The molecule has 0 aliphatic carbocycles. The summed E-state index contributed by atoms with van der Waals surface area (Å²) in [6.45, 7) is 3.89. The fraction of sp³-hybridized carbons (Fsp3) is 0.778. The molecule has 0 aliphatic rings.